The quantitative estimate of drug-likeness (QED) is 0.612. The van der Waals surface area contributed by atoms with Gasteiger partial charge in [0, 0.05) is 0 Å². The molecule has 0 fully saturated rings. The summed E-state index contributed by atoms with van der Waals surface area (Å²) in [4.78, 5) is 0. The average molecular weight is 294 g/mol. The minimum absolute atomic E-state index is 0.368. The van der Waals surface area contributed by atoms with Crippen LogP contribution in [0.4, 0.5) is 0 Å². The molecule has 0 aromatic heterocycles. The molecular formula is C18H30O3. The monoisotopic (exact) mass is 294 g/mol. The molecule has 0 heterocycles. The van der Waals surface area contributed by atoms with Gasteiger partial charge in [-0.3, -0.25) is 0 Å². The zero-order valence-electron chi connectivity index (χ0n) is 13.4. The molecule has 3 nitrogen and oxygen atoms in total. The van der Waals surface area contributed by atoms with Crippen LogP contribution in [-0.4, -0.2) is 29.5 Å². The van der Waals surface area contributed by atoms with E-state index in [4.69, 9.17) is 4.74 Å². The van der Waals surface area contributed by atoms with E-state index in [9.17, 15) is 10.2 Å². The number of aliphatic hydroxyl groups excluding tert-OH is 2. The molecule has 2 unspecified atom stereocenters. The van der Waals surface area contributed by atoms with Gasteiger partial charge in [0.1, 0.15) is 5.75 Å². The molecule has 0 aliphatic carbocycles. The third-order valence-electron chi connectivity index (χ3n) is 3.86. The maximum absolute atomic E-state index is 10.00. The molecule has 0 aliphatic rings. The highest BCUT2D eigenvalue weighted by molar-refractivity contribution is 5.27. The van der Waals surface area contributed by atoms with Crippen molar-refractivity contribution in [2.24, 2.45) is 0 Å². The van der Waals surface area contributed by atoms with Gasteiger partial charge in [0.25, 0.3) is 0 Å². The molecular weight excluding hydrogens is 264 g/mol. The second-order valence-electron chi connectivity index (χ2n) is 5.78. The average Bonchev–Trinajstić information content (AvgIpc) is 2.50. The Morgan fingerprint density at radius 3 is 2.24 bits per heavy atom. The lowest BCUT2D eigenvalue weighted by molar-refractivity contribution is 0.0697. The summed E-state index contributed by atoms with van der Waals surface area (Å²) in [5.41, 5.74) is 1.19. The first kappa shape index (κ1) is 18.0. The summed E-state index contributed by atoms with van der Waals surface area (Å²) in [6.07, 6.45) is 6.69. The van der Waals surface area contributed by atoms with Crippen LogP contribution >= 0.6 is 0 Å². The van der Waals surface area contributed by atoms with E-state index in [1.807, 2.05) is 24.3 Å². The second-order valence-corrected chi connectivity index (χ2v) is 5.78. The van der Waals surface area contributed by atoms with Gasteiger partial charge in [-0.25, -0.2) is 0 Å². The number of ether oxygens (including phenoxy) is 1. The van der Waals surface area contributed by atoms with Crippen molar-refractivity contribution in [3.63, 3.8) is 0 Å². The van der Waals surface area contributed by atoms with Crippen LogP contribution in [0.25, 0.3) is 0 Å². The first-order valence-corrected chi connectivity index (χ1v) is 8.14. The number of aliphatic hydroxyl groups is 2. The molecule has 2 N–H and O–H groups in total. The van der Waals surface area contributed by atoms with Crippen molar-refractivity contribution in [3.05, 3.63) is 29.8 Å². The fourth-order valence-electron chi connectivity index (χ4n) is 2.48. The van der Waals surface area contributed by atoms with E-state index >= 15 is 0 Å². The molecule has 0 bridgehead atoms. The minimum Gasteiger partial charge on any atom is -0.497 e. The minimum atomic E-state index is -0.423. The van der Waals surface area contributed by atoms with Crippen LogP contribution in [0.2, 0.25) is 0 Å². The van der Waals surface area contributed by atoms with E-state index in [2.05, 4.69) is 6.92 Å². The number of unbranched alkanes of at least 4 members (excludes halogenated alkanes) is 3. The predicted octanol–water partition coefficient (Wildman–Crippen LogP) is 3.71. The maximum atomic E-state index is 10.00. The zero-order valence-corrected chi connectivity index (χ0v) is 13.4. The van der Waals surface area contributed by atoms with Gasteiger partial charge in [0.05, 0.1) is 19.3 Å². The van der Waals surface area contributed by atoms with Crippen LogP contribution in [0.3, 0.4) is 0 Å². The topological polar surface area (TPSA) is 49.7 Å². The Bertz CT molecular complexity index is 361. The molecule has 0 amide bonds. The molecule has 2 atom stereocenters. The molecule has 0 radical (unpaired) electrons. The molecule has 1 aromatic carbocycles. The number of hydrogen-bond acceptors (Lipinski definition) is 3. The molecule has 0 saturated carbocycles. The predicted molar refractivity (Wildman–Crippen MR) is 86.7 cm³/mol. The largest absolute Gasteiger partial charge is 0.497 e. The SMILES string of the molecule is CCCCCCC(O)CC(O)CCc1ccc(OC)cc1. The van der Waals surface area contributed by atoms with Crippen molar-refractivity contribution in [1.29, 1.82) is 0 Å². The molecule has 21 heavy (non-hydrogen) atoms. The highest BCUT2D eigenvalue weighted by Crippen LogP contribution is 2.16. The lowest BCUT2D eigenvalue weighted by Gasteiger charge is -2.15. The van der Waals surface area contributed by atoms with Crippen molar-refractivity contribution >= 4 is 0 Å². The highest BCUT2D eigenvalue weighted by Gasteiger charge is 2.11. The Kier molecular flexibility index (Phi) is 9.11. The standard InChI is InChI=1S/C18H30O3/c1-3-4-5-6-7-16(19)14-17(20)11-8-15-9-12-18(21-2)13-10-15/h9-10,12-13,16-17,19-20H,3-8,11,14H2,1-2H3. The summed E-state index contributed by atoms with van der Waals surface area (Å²) < 4.78 is 5.12. The third-order valence-corrected chi connectivity index (χ3v) is 3.86. The van der Waals surface area contributed by atoms with Gasteiger partial charge in [-0.05, 0) is 43.4 Å². The van der Waals surface area contributed by atoms with Gasteiger partial charge in [-0.1, -0.05) is 44.7 Å². The lowest BCUT2D eigenvalue weighted by Crippen LogP contribution is -2.18. The van der Waals surface area contributed by atoms with Gasteiger partial charge in [0.15, 0.2) is 0 Å². The van der Waals surface area contributed by atoms with Crippen molar-refractivity contribution in [1.82, 2.24) is 0 Å². The van der Waals surface area contributed by atoms with Gasteiger partial charge in [-0.2, -0.15) is 0 Å². The van der Waals surface area contributed by atoms with Gasteiger partial charge >= 0.3 is 0 Å². The first-order chi connectivity index (χ1) is 10.2. The molecule has 0 saturated heterocycles. The van der Waals surface area contributed by atoms with Crippen molar-refractivity contribution in [2.45, 2.75) is 70.5 Å². The van der Waals surface area contributed by atoms with Gasteiger partial charge < -0.3 is 14.9 Å². The molecule has 120 valence electrons. The summed E-state index contributed by atoms with van der Waals surface area (Å²) in [5.74, 6) is 0.849. The van der Waals surface area contributed by atoms with E-state index in [1.165, 1.54) is 24.8 Å². The summed E-state index contributed by atoms with van der Waals surface area (Å²) >= 11 is 0. The van der Waals surface area contributed by atoms with Crippen molar-refractivity contribution < 1.29 is 14.9 Å². The molecule has 3 heteroatoms. The first-order valence-electron chi connectivity index (χ1n) is 8.14. The Labute approximate surface area is 129 Å². The van der Waals surface area contributed by atoms with Crippen LogP contribution in [0.1, 0.15) is 57.4 Å². The summed E-state index contributed by atoms with van der Waals surface area (Å²) in [5, 5.41) is 19.9. The summed E-state index contributed by atoms with van der Waals surface area (Å²) in [7, 11) is 1.65. The van der Waals surface area contributed by atoms with E-state index in [0.29, 0.717) is 12.8 Å². The number of methoxy groups -OCH3 is 1. The fraction of sp³-hybridized carbons (Fsp3) is 0.667. The molecule has 1 rings (SSSR count). The Balaban J connectivity index is 2.18. The third kappa shape index (κ3) is 8.08. The number of rotatable bonds is 11. The Morgan fingerprint density at radius 2 is 1.62 bits per heavy atom. The van der Waals surface area contributed by atoms with Gasteiger partial charge in [-0.15, -0.1) is 0 Å². The number of benzene rings is 1. The number of hydrogen-bond donors (Lipinski definition) is 2. The number of aryl methyl sites for hydroxylation is 1. The normalized spacial score (nSPS) is 13.9. The van der Waals surface area contributed by atoms with Crippen LogP contribution < -0.4 is 4.74 Å². The second kappa shape index (κ2) is 10.6. The van der Waals surface area contributed by atoms with Crippen molar-refractivity contribution in [3.8, 4) is 5.75 Å². The Hall–Kier alpha value is -1.06. The van der Waals surface area contributed by atoms with Gasteiger partial charge in [0.2, 0.25) is 0 Å². The van der Waals surface area contributed by atoms with E-state index in [-0.39, 0.29) is 6.10 Å². The summed E-state index contributed by atoms with van der Waals surface area (Å²) in [6.45, 7) is 2.18. The maximum Gasteiger partial charge on any atom is 0.118 e. The molecule has 1 aromatic rings. The molecule has 0 spiro atoms. The van der Waals surface area contributed by atoms with E-state index in [0.717, 1.165) is 25.0 Å². The fourth-order valence-corrected chi connectivity index (χ4v) is 2.48. The zero-order chi connectivity index (χ0) is 15.5. The van der Waals surface area contributed by atoms with Crippen LogP contribution in [-0.2, 0) is 6.42 Å². The lowest BCUT2D eigenvalue weighted by atomic mass is 10.00. The van der Waals surface area contributed by atoms with Crippen LogP contribution in [0, 0.1) is 0 Å². The Morgan fingerprint density at radius 1 is 0.952 bits per heavy atom. The van der Waals surface area contributed by atoms with Crippen LogP contribution in [0.15, 0.2) is 24.3 Å². The highest BCUT2D eigenvalue weighted by atomic mass is 16.5. The van der Waals surface area contributed by atoms with Crippen LogP contribution in [0.5, 0.6) is 5.75 Å². The summed E-state index contributed by atoms with van der Waals surface area (Å²) in [6, 6.07) is 7.91. The van der Waals surface area contributed by atoms with E-state index in [1.54, 1.807) is 7.11 Å². The van der Waals surface area contributed by atoms with Crippen molar-refractivity contribution in [2.75, 3.05) is 7.11 Å². The van der Waals surface area contributed by atoms with E-state index < -0.39 is 6.10 Å². The molecule has 0 aliphatic heterocycles. The smallest absolute Gasteiger partial charge is 0.118 e.